The third-order valence-electron chi connectivity index (χ3n) is 5.48. The van der Waals surface area contributed by atoms with Crippen LogP contribution in [0.4, 0.5) is 0 Å². The van der Waals surface area contributed by atoms with Crippen LogP contribution >= 0.6 is 15.9 Å². The van der Waals surface area contributed by atoms with Crippen molar-refractivity contribution >= 4 is 27.7 Å². The van der Waals surface area contributed by atoms with E-state index in [-0.39, 0.29) is 18.4 Å². The molecule has 0 heterocycles. The molecule has 0 fully saturated rings. The van der Waals surface area contributed by atoms with Crippen LogP contribution in [0.5, 0.6) is 11.5 Å². The molecular weight excluding hydrogens is 484 g/mol. The summed E-state index contributed by atoms with van der Waals surface area (Å²) in [6.45, 7) is 8.78. The number of nitrogens with zero attached hydrogens (tertiary/aromatic N) is 1. The molecule has 2 amide bonds. The largest absolute Gasteiger partial charge is 0.497 e. The fourth-order valence-corrected chi connectivity index (χ4v) is 3.77. The van der Waals surface area contributed by atoms with Crippen molar-refractivity contribution in [2.75, 3.05) is 20.3 Å². The van der Waals surface area contributed by atoms with E-state index in [1.807, 2.05) is 42.5 Å². The van der Waals surface area contributed by atoms with E-state index >= 15 is 0 Å². The van der Waals surface area contributed by atoms with Crippen LogP contribution in [0.15, 0.2) is 46.9 Å². The van der Waals surface area contributed by atoms with E-state index in [1.54, 1.807) is 18.9 Å². The lowest BCUT2D eigenvalue weighted by molar-refractivity contribution is -0.142. The summed E-state index contributed by atoms with van der Waals surface area (Å²) in [7, 11) is 1.61. The molecule has 0 radical (unpaired) electrons. The van der Waals surface area contributed by atoms with Crippen molar-refractivity contribution in [3.8, 4) is 11.5 Å². The van der Waals surface area contributed by atoms with Gasteiger partial charge in [-0.3, -0.25) is 9.59 Å². The van der Waals surface area contributed by atoms with Gasteiger partial charge in [-0.1, -0.05) is 45.4 Å². The molecule has 6 nitrogen and oxygen atoms in total. The standard InChI is InChI=1S/C26H35BrN2O4/c1-6-7-14-28-26(31)19(4)29(16-20-8-11-22(32-5)12-9-20)25(30)17-33-24-13-10-21(18(2)3)15-23(24)27/h8-13,15,18-19H,6-7,14,16-17H2,1-5H3,(H,28,31). The predicted octanol–water partition coefficient (Wildman–Crippen LogP) is 5.29. The number of carbonyl (C=O) groups excluding carboxylic acids is 2. The van der Waals surface area contributed by atoms with Gasteiger partial charge in [0.15, 0.2) is 6.61 Å². The topological polar surface area (TPSA) is 67.9 Å². The van der Waals surface area contributed by atoms with Gasteiger partial charge < -0.3 is 19.7 Å². The molecule has 0 spiro atoms. The van der Waals surface area contributed by atoms with Gasteiger partial charge >= 0.3 is 0 Å². The maximum atomic E-state index is 13.2. The molecular formula is C26H35BrN2O4. The summed E-state index contributed by atoms with van der Waals surface area (Å²) in [5.74, 6) is 1.29. The first-order chi connectivity index (χ1) is 15.8. The molecule has 2 aromatic rings. The molecule has 2 rings (SSSR count). The number of methoxy groups -OCH3 is 1. The summed E-state index contributed by atoms with van der Waals surface area (Å²) in [6.07, 6.45) is 1.88. The lowest BCUT2D eigenvalue weighted by atomic mass is 10.0. The second kappa shape index (κ2) is 13.2. The van der Waals surface area contributed by atoms with Crippen molar-refractivity contribution in [2.24, 2.45) is 0 Å². The highest BCUT2D eigenvalue weighted by atomic mass is 79.9. The van der Waals surface area contributed by atoms with Crippen LogP contribution in [0.3, 0.4) is 0 Å². The first-order valence-corrected chi connectivity index (χ1v) is 12.2. The number of hydrogen-bond donors (Lipinski definition) is 1. The second-order valence-corrected chi connectivity index (χ2v) is 9.18. The van der Waals surface area contributed by atoms with Crippen LogP contribution in [0.1, 0.15) is 57.6 Å². The van der Waals surface area contributed by atoms with Crippen LogP contribution in [-0.4, -0.2) is 43.0 Å². The van der Waals surface area contributed by atoms with Gasteiger partial charge in [0.25, 0.3) is 5.91 Å². The van der Waals surface area contributed by atoms with Crippen molar-refractivity contribution in [3.63, 3.8) is 0 Å². The zero-order valence-electron chi connectivity index (χ0n) is 20.2. The molecule has 2 aromatic carbocycles. The smallest absolute Gasteiger partial charge is 0.261 e. The fourth-order valence-electron chi connectivity index (χ4n) is 3.26. The number of halogens is 1. The fraction of sp³-hybridized carbons (Fsp3) is 0.462. The Morgan fingerprint density at radius 3 is 2.36 bits per heavy atom. The van der Waals surface area contributed by atoms with Crippen LogP contribution in [0, 0.1) is 0 Å². The van der Waals surface area contributed by atoms with E-state index in [9.17, 15) is 9.59 Å². The highest BCUT2D eigenvalue weighted by Gasteiger charge is 2.26. The molecule has 180 valence electrons. The van der Waals surface area contributed by atoms with Gasteiger partial charge in [0.1, 0.15) is 17.5 Å². The molecule has 0 aliphatic heterocycles. The summed E-state index contributed by atoms with van der Waals surface area (Å²) in [5.41, 5.74) is 2.08. The average molecular weight is 519 g/mol. The van der Waals surface area contributed by atoms with Crippen molar-refractivity contribution in [3.05, 3.63) is 58.1 Å². The maximum Gasteiger partial charge on any atom is 0.261 e. The molecule has 1 unspecified atom stereocenters. The number of nitrogens with one attached hydrogen (secondary N) is 1. The minimum Gasteiger partial charge on any atom is -0.497 e. The zero-order chi connectivity index (χ0) is 24.4. The molecule has 0 aromatic heterocycles. The Bertz CT molecular complexity index is 915. The van der Waals surface area contributed by atoms with Crippen molar-refractivity contribution in [2.45, 2.75) is 59.0 Å². The van der Waals surface area contributed by atoms with E-state index in [0.717, 1.165) is 28.6 Å². The highest BCUT2D eigenvalue weighted by Crippen LogP contribution is 2.29. The molecule has 0 aliphatic rings. The Labute approximate surface area is 205 Å². The monoisotopic (exact) mass is 518 g/mol. The normalized spacial score (nSPS) is 11.7. The Hall–Kier alpha value is -2.54. The van der Waals surface area contributed by atoms with Gasteiger partial charge in [0, 0.05) is 13.1 Å². The third-order valence-corrected chi connectivity index (χ3v) is 6.10. The Morgan fingerprint density at radius 2 is 1.79 bits per heavy atom. The molecule has 0 saturated carbocycles. The minimum atomic E-state index is -0.633. The molecule has 7 heteroatoms. The zero-order valence-corrected chi connectivity index (χ0v) is 21.8. The van der Waals surface area contributed by atoms with E-state index in [4.69, 9.17) is 9.47 Å². The summed E-state index contributed by atoms with van der Waals surface area (Å²) in [5, 5.41) is 2.92. The molecule has 0 aliphatic carbocycles. The summed E-state index contributed by atoms with van der Waals surface area (Å²) in [4.78, 5) is 27.5. The van der Waals surface area contributed by atoms with Crippen molar-refractivity contribution in [1.29, 1.82) is 0 Å². The summed E-state index contributed by atoms with van der Waals surface area (Å²) < 4.78 is 11.8. The van der Waals surface area contributed by atoms with Crippen molar-refractivity contribution < 1.29 is 19.1 Å². The quantitative estimate of drug-likeness (QED) is 0.387. The third kappa shape index (κ3) is 8.07. The number of ether oxygens (including phenoxy) is 2. The first kappa shape index (κ1) is 26.7. The highest BCUT2D eigenvalue weighted by molar-refractivity contribution is 9.10. The number of benzene rings is 2. The van der Waals surface area contributed by atoms with Crippen LogP contribution < -0.4 is 14.8 Å². The average Bonchev–Trinajstić information content (AvgIpc) is 2.81. The molecule has 0 saturated heterocycles. The lowest BCUT2D eigenvalue weighted by Gasteiger charge is -2.29. The van der Waals surface area contributed by atoms with Gasteiger partial charge in [0.05, 0.1) is 11.6 Å². The van der Waals surface area contributed by atoms with Crippen LogP contribution in [0.2, 0.25) is 0 Å². The van der Waals surface area contributed by atoms with E-state index in [1.165, 1.54) is 5.56 Å². The Balaban J connectivity index is 2.14. The van der Waals surface area contributed by atoms with Crippen LogP contribution in [0.25, 0.3) is 0 Å². The number of carbonyl (C=O) groups is 2. The summed E-state index contributed by atoms with van der Waals surface area (Å²) in [6, 6.07) is 12.7. The summed E-state index contributed by atoms with van der Waals surface area (Å²) >= 11 is 3.53. The molecule has 1 N–H and O–H groups in total. The van der Waals surface area contributed by atoms with Crippen molar-refractivity contribution in [1.82, 2.24) is 10.2 Å². The van der Waals surface area contributed by atoms with Gasteiger partial charge in [-0.15, -0.1) is 0 Å². The van der Waals surface area contributed by atoms with Gasteiger partial charge in [-0.05, 0) is 70.6 Å². The molecule has 1 atom stereocenters. The van der Waals surface area contributed by atoms with E-state index in [0.29, 0.717) is 24.8 Å². The van der Waals surface area contributed by atoms with Gasteiger partial charge in [-0.25, -0.2) is 0 Å². The number of unbranched alkanes of at least 4 members (excludes halogenated alkanes) is 1. The lowest BCUT2D eigenvalue weighted by Crippen LogP contribution is -2.49. The molecule has 33 heavy (non-hydrogen) atoms. The van der Waals surface area contributed by atoms with Crippen LogP contribution in [-0.2, 0) is 16.1 Å². The number of hydrogen-bond acceptors (Lipinski definition) is 4. The minimum absolute atomic E-state index is 0.164. The Kier molecular flexibility index (Phi) is 10.7. The first-order valence-electron chi connectivity index (χ1n) is 11.4. The van der Waals surface area contributed by atoms with E-state index in [2.05, 4.69) is 42.0 Å². The maximum absolute atomic E-state index is 13.2. The number of amides is 2. The molecule has 0 bridgehead atoms. The Morgan fingerprint density at radius 1 is 1.09 bits per heavy atom. The van der Waals surface area contributed by atoms with Gasteiger partial charge in [0.2, 0.25) is 5.91 Å². The second-order valence-electron chi connectivity index (χ2n) is 8.32. The number of rotatable bonds is 12. The SMILES string of the molecule is CCCCNC(=O)C(C)N(Cc1ccc(OC)cc1)C(=O)COc1ccc(C(C)C)cc1Br. The van der Waals surface area contributed by atoms with Gasteiger partial charge in [-0.2, -0.15) is 0 Å². The predicted molar refractivity (Wildman–Crippen MR) is 135 cm³/mol. The van der Waals surface area contributed by atoms with E-state index < -0.39 is 6.04 Å².